The minimum absolute atomic E-state index is 0.205. The van der Waals surface area contributed by atoms with Gasteiger partial charge in [0.15, 0.2) is 0 Å². The third kappa shape index (κ3) is 3.71. The lowest BCUT2D eigenvalue weighted by Gasteiger charge is -2.22. The maximum absolute atomic E-state index is 4.46. The van der Waals surface area contributed by atoms with Crippen molar-refractivity contribution in [3.8, 4) is 0 Å². The van der Waals surface area contributed by atoms with E-state index in [0.717, 1.165) is 37.6 Å². The van der Waals surface area contributed by atoms with Gasteiger partial charge in [0.05, 0.1) is 17.9 Å². The lowest BCUT2D eigenvalue weighted by molar-refractivity contribution is 0.247. The quantitative estimate of drug-likeness (QED) is 0.844. The van der Waals surface area contributed by atoms with E-state index in [2.05, 4.69) is 31.2 Å². The molecule has 108 valence electrons. The summed E-state index contributed by atoms with van der Waals surface area (Å²) in [6, 6.07) is 11.9. The fourth-order valence-electron chi connectivity index (χ4n) is 2.47. The van der Waals surface area contributed by atoms with Gasteiger partial charge >= 0.3 is 0 Å². The van der Waals surface area contributed by atoms with Crippen LogP contribution >= 0.6 is 0 Å². The molecule has 3 rings (SSSR count). The third-order valence-corrected chi connectivity index (χ3v) is 3.50. The highest BCUT2D eigenvalue weighted by Crippen LogP contribution is 2.18. The van der Waals surface area contributed by atoms with Crippen molar-refractivity contribution in [1.82, 2.24) is 20.2 Å². The summed E-state index contributed by atoms with van der Waals surface area (Å²) in [6.45, 7) is 3.70. The van der Waals surface area contributed by atoms with Gasteiger partial charge in [0.1, 0.15) is 6.17 Å². The number of nitrogens with one attached hydrogen (secondary N) is 1. The second-order valence-electron chi connectivity index (χ2n) is 4.94. The number of aromatic nitrogens is 2. The highest BCUT2D eigenvalue weighted by molar-refractivity contribution is 5.76. The van der Waals surface area contributed by atoms with Crippen molar-refractivity contribution < 1.29 is 0 Å². The largest absolute Gasteiger partial charge is 0.295 e. The Morgan fingerprint density at radius 3 is 2.81 bits per heavy atom. The molecule has 2 aromatic rings. The van der Waals surface area contributed by atoms with Crippen LogP contribution in [0.3, 0.4) is 0 Å². The summed E-state index contributed by atoms with van der Waals surface area (Å²) < 4.78 is 0. The lowest BCUT2D eigenvalue weighted by Crippen LogP contribution is -2.30. The SMILES string of the molecule is C(=NCCN1CCNC1c1ccccn1)c1ccccn1. The van der Waals surface area contributed by atoms with Gasteiger partial charge in [-0.1, -0.05) is 12.1 Å². The van der Waals surface area contributed by atoms with Gasteiger partial charge < -0.3 is 0 Å². The molecule has 3 heterocycles. The lowest BCUT2D eigenvalue weighted by atomic mass is 10.3. The predicted octanol–water partition coefficient (Wildman–Crippen LogP) is 1.50. The van der Waals surface area contributed by atoms with Crippen molar-refractivity contribution in [3.63, 3.8) is 0 Å². The highest BCUT2D eigenvalue weighted by Gasteiger charge is 2.25. The summed E-state index contributed by atoms with van der Waals surface area (Å²) in [5.41, 5.74) is 1.97. The Hall–Kier alpha value is -2.11. The zero-order valence-electron chi connectivity index (χ0n) is 11.9. The molecule has 0 spiro atoms. The van der Waals surface area contributed by atoms with Crippen molar-refractivity contribution in [2.75, 3.05) is 26.2 Å². The molecule has 2 aromatic heterocycles. The van der Waals surface area contributed by atoms with Gasteiger partial charge in [-0.25, -0.2) is 0 Å². The van der Waals surface area contributed by atoms with E-state index in [0.29, 0.717) is 0 Å². The average Bonchev–Trinajstić information content (AvgIpc) is 3.02. The first-order valence-electron chi connectivity index (χ1n) is 7.23. The van der Waals surface area contributed by atoms with E-state index in [1.807, 2.05) is 42.7 Å². The summed E-state index contributed by atoms with van der Waals surface area (Å²) in [4.78, 5) is 15.5. The molecule has 0 radical (unpaired) electrons. The van der Waals surface area contributed by atoms with Crippen molar-refractivity contribution in [3.05, 3.63) is 60.2 Å². The molecule has 1 aliphatic heterocycles. The molecule has 1 unspecified atom stereocenters. The van der Waals surface area contributed by atoms with Gasteiger partial charge in [-0.2, -0.15) is 0 Å². The first kappa shape index (κ1) is 13.9. The van der Waals surface area contributed by atoms with Crippen LogP contribution < -0.4 is 5.32 Å². The summed E-state index contributed by atoms with van der Waals surface area (Å²) >= 11 is 0. The molecule has 1 saturated heterocycles. The molecule has 0 bridgehead atoms. The zero-order valence-corrected chi connectivity index (χ0v) is 11.9. The van der Waals surface area contributed by atoms with Crippen molar-refractivity contribution in [1.29, 1.82) is 0 Å². The van der Waals surface area contributed by atoms with Crippen LogP contribution in [0.1, 0.15) is 17.6 Å². The van der Waals surface area contributed by atoms with Crippen LogP contribution in [-0.4, -0.2) is 47.3 Å². The van der Waals surface area contributed by atoms with E-state index in [-0.39, 0.29) is 6.17 Å². The Bertz CT molecular complexity index is 570. The van der Waals surface area contributed by atoms with E-state index < -0.39 is 0 Å². The molecule has 0 aromatic carbocycles. The summed E-state index contributed by atoms with van der Waals surface area (Å²) in [7, 11) is 0. The van der Waals surface area contributed by atoms with Gasteiger partial charge in [-0.05, 0) is 24.3 Å². The average molecular weight is 281 g/mol. The first-order chi connectivity index (χ1) is 10.4. The van der Waals surface area contributed by atoms with Gasteiger partial charge in [-0.15, -0.1) is 0 Å². The summed E-state index contributed by atoms with van der Waals surface area (Å²) in [6.07, 6.45) is 5.66. The fourth-order valence-corrected chi connectivity index (χ4v) is 2.47. The molecular formula is C16H19N5. The zero-order chi connectivity index (χ0) is 14.3. The Kier molecular flexibility index (Phi) is 4.66. The topological polar surface area (TPSA) is 53.4 Å². The maximum Gasteiger partial charge on any atom is 0.104 e. The second-order valence-corrected chi connectivity index (χ2v) is 4.94. The Morgan fingerprint density at radius 1 is 1.19 bits per heavy atom. The normalized spacial score (nSPS) is 19.3. The van der Waals surface area contributed by atoms with E-state index in [4.69, 9.17) is 0 Å². The van der Waals surface area contributed by atoms with E-state index in [9.17, 15) is 0 Å². The molecule has 0 aliphatic carbocycles. The molecular weight excluding hydrogens is 262 g/mol. The molecule has 21 heavy (non-hydrogen) atoms. The fraction of sp³-hybridized carbons (Fsp3) is 0.312. The van der Waals surface area contributed by atoms with Crippen molar-refractivity contribution >= 4 is 6.21 Å². The van der Waals surface area contributed by atoms with E-state index in [1.54, 1.807) is 6.20 Å². The van der Waals surface area contributed by atoms with Crippen LogP contribution in [0, 0.1) is 0 Å². The number of hydrogen-bond donors (Lipinski definition) is 1. The van der Waals surface area contributed by atoms with Gasteiger partial charge in [0, 0.05) is 38.2 Å². The van der Waals surface area contributed by atoms with Crippen LogP contribution in [0.25, 0.3) is 0 Å². The minimum Gasteiger partial charge on any atom is -0.295 e. The number of hydrogen-bond acceptors (Lipinski definition) is 5. The van der Waals surface area contributed by atoms with Gasteiger partial charge in [0.2, 0.25) is 0 Å². The Morgan fingerprint density at radius 2 is 2.05 bits per heavy atom. The van der Waals surface area contributed by atoms with Gasteiger partial charge in [-0.3, -0.25) is 25.2 Å². The standard InChI is InChI=1S/C16H19N5/c1-3-7-18-14(5-1)13-17-9-11-21-12-10-20-16(21)15-6-2-4-8-19-15/h1-8,13,16,20H,9-12H2. The number of pyridine rings is 2. The number of rotatable bonds is 5. The molecule has 1 N–H and O–H groups in total. The van der Waals surface area contributed by atoms with Crippen LogP contribution in [0.2, 0.25) is 0 Å². The molecule has 1 atom stereocenters. The molecule has 5 nitrogen and oxygen atoms in total. The monoisotopic (exact) mass is 281 g/mol. The Balaban J connectivity index is 1.54. The maximum atomic E-state index is 4.46. The summed E-state index contributed by atoms with van der Waals surface area (Å²) in [5, 5.41) is 3.48. The smallest absolute Gasteiger partial charge is 0.104 e. The van der Waals surface area contributed by atoms with Crippen molar-refractivity contribution in [2.24, 2.45) is 4.99 Å². The van der Waals surface area contributed by atoms with Crippen LogP contribution in [0.5, 0.6) is 0 Å². The Labute approximate surface area is 124 Å². The van der Waals surface area contributed by atoms with Crippen LogP contribution in [0.15, 0.2) is 53.8 Å². The van der Waals surface area contributed by atoms with Crippen LogP contribution in [0.4, 0.5) is 0 Å². The third-order valence-electron chi connectivity index (χ3n) is 3.50. The highest BCUT2D eigenvalue weighted by atomic mass is 15.3. The van der Waals surface area contributed by atoms with E-state index in [1.165, 1.54) is 0 Å². The minimum atomic E-state index is 0.205. The molecule has 1 aliphatic rings. The summed E-state index contributed by atoms with van der Waals surface area (Å²) in [5.74, 6) is 0. The second kappa shape index (κ2) is 7.06. The molecule has 0 saturated carbocycles. The van der Waals surface area contributed by atoms with Crippen molar-refractivity contribution in [2.45, 2.75) is 6.17 Å². The van der Waals surface area contributed by atoms with Crippen LogP contribution in [-0.2, 0) is 0 Å². The van der Waals surface area contributed by atoms with E-state index >= 15 is 0 Å². The predicted molar refractivity (Wildman–Crippen MR) is 83.3 cm³/mol. The number of aliphatic imine (C=N–C) groups is 1. The molecule has 0 amide bonds. The molecule has 1 fully saturated rings. The van der Waals surface area contributed by atoms with Gasteiger partial charge in [0.25, 0.3) is 0 Å². The number of nitrogens with zero attached hydrogens (tertiary/aromatic N) is 4. The first-order valence-corrected chi connectivity index (χ1v) is 7.23. The molecule has 5 heteroatoms.